The zero-order chi connectivity index (χ0) is 12.4. The molecule has 92 valence electrons. The first-order chi connectivity index (χ1) is 8.11. The van der Waals surface area contributed by atoms with Crippen molar-refractivity contribution in [2.24, 2.45) is 5.92 Å². The van der Waals surface area contributed by atoms with E-state index in [0.29, 0.717) is 0 Å². The predicted molar refractivity (Wildman–Crippen MR) is 67.7 cm³/mol. The monoisotopic (exact) mass is 233 g/mol. The standard InChI is InChI=1S/C14H19NO2/c1-15(2)7-6-11-8-10-4-5-12(17-3)9-13(10)14(11)16/h4-5,9,11H,6-8H2,1-3H3. The Bertz CT molecular complexity index is 426. The molecule has 0 bridgehead atoms. The summed E-state index contributed by atoms with van der Waals surface area (Å²) >= 11 is 0. The van der Waals surface area contributed by atoms with Crippen LogP contribution in [0.4, 0.5) is 0 Å². The summed E-state index contributed by atoms with van der Waals surface area (Å²) in [7, 11) is 5.70. The SMILES string of the molecule is COc1ccc2c(c1)C(=O)C(CCN(C)C)C2. The van der Waals surface area contributed by atoms with Crippen LogP contribution in [0.5, 0.6) is 5.75 Å². The minimum Gasteiger partial charge on any atom is -0.497 e. The molecule has 0 aromatic heterocycles. The van der Waals surface area contributed by atoms with Gasteiger partial charge in [-0.2, -0.15) is 0 Å². The van der Waals surface area contributed by atoms with E-state index in [-0.39, 0.29) is 11.7 Å². The number of carbonyl (C=O) groups excluding carboxylic acids is 1. The van der Waals surface area contributed by atoms with Crippen molar-refractivity contribution in [2.75, 3.05) is 27.7 Å². The normalized spacial score (nSPS) is 18.6. The highest BCUT2D eigenvalue weighted by molar-refractivity contribution is 6.02. The van der Waals surface area contributed by atoms with Gasteiger partial charge in [-0.3, -0.25) is 4.79 Å². The van der Waals surface area contributed by atoms with E-state index in [9.17, 15) is 4.79 Å². The van der Waals surface area contributed by atoms with Crippen LogP contribution in [-0.4, -0.2) is 38.4 Å². The van der Waals surface area contributed by atoms with E-state index in [1.54, 1.807) is 7.11 Å². The van der Waals surface area contributed by atoms with Crippen molar-refractivity contribution < 1.29 is 9.53 Å². The number of hydrogen-bond acceptors (Lipinski definition) is 3. The summed E-state index contributed by atoms with van der Waals surface area (Å²) < 4.78 is 5.16. The third-order valence-electron chi connectivity index (χ3n) is 3.34. The molecule has 0 aliphatic heterocycles. The van der Waals surface area contributed by atoms with Gasteiger partial charge in [0.2, 0.25) is 0 Å². The number of nitrogens with zero attached hydrogens (tertiary/aromatic N) is 1. The quantitative estimate of drug-likeness (QED) is 0.796. The Morgan fingerprint density at radius 3 is 2.82 bits per heavy atom. The molecule has 1 aromatic carbocycles. The van der Waals surface area contributed by atoms with Gasteiger partial charge in [-0.25, -0.2) is 0 Å². The number of fused-ring (bicyclic) bond motifs is 1. The van der Waals surface area contributed by atoms with Gasteiger partial charge in [0.1, 0.15) is 5.75 Å². The molecule has 0 spiro atoms. The van der Waals surface area contributed by atoms with E-state index in [2.05, 4.69) is 4.90 Å². The number of benzene rings is 1. The first kappa shape index (κ1) is 12.1. The number of methoxy groups -OCH3 is 1. The molecule has 0 fully saturated rings. The highest BCUT2D eigenvalue weighted by atomic mass is 16.5. The van der Waals surface area contributed by atoms with E-state index in [1.165, 1.54) is 5.56 Å². The molecule has 1 atom stereocenters. The molecule has 1 aliphatic rings. The molecule has 0 amide bonds. The number of carbonyl (C=O) groups is 1. The first-order valence-electron chi connectivity index (χ1n) is 5.97. The molecule has 2 rings (SSSR count). The van der Waals surface area contributed by atoms with Crippen LogP contribution >= 0.6 is 0 Å². The maximum atomic E-state index is 12.2. The fraction of sp³-hybridized carbons (Fsp3) is 0.500. The number of ketones is 1. The number of Topliss-reactive ketones (excluding diaryl/α,β-unsaturated/α-hetero) is 1. The lowest BCUT2D eigenvalue weighted by Crippen LogP contribution is -2.19. The third kappa shape index (κ3) is 2.50. The summed E-state index contributed by atoms with van der Waals surface area (Å²) in [6.45, 7) is 0.960. The molecule has 1 aliphatic carbocycles. The van der Waals surface area contributed by atoms with Crippen LogP contribution in [0, 0.1) is 5.92 Å². The van der Waals surface area contributed by atoms with Crippen molar-refractivity contribution in [3.63, 3.8) is 0 Å². The van der Waals surface area contributed by atoms with E-state index in [0.717, 1.165) is 30.7 Å². The molecule has 0 N–H and O–H groups in total. The smallest absolute Gasteiger partial charge is 0.166 e. The lowest BCUT2D eigenvalue weighted by Gasteiger charge is -2.12. The summed E-state index contributed by atoms with van der Waals surface area (Å²) in [5, 5.41) is 0. The zero-order valence-electron chi connectivity index (χ0n) is 10.7. The molecule has 1 aromatic rings. The van der Waals surface area contributed by atoms with Gasteiger partial charge < -0.3 is 9.64 Å². The maximum absolute atomic E-state index is 12.2. The van der Waals surface area contributed by atoms with Crippen molar-refractivity contribution >= 4 is 5.78 Å². The van der Waals surface area contributed by atoms with Gasteiger partial charge in [-0.1, -0.05) is 6.07 Å². The van der Waals surface area contributed by atoms with E-state index >= 15 is 0 Å². The molecule has 3 heteroatoms. The third-order valence-corrected chi connectivity index (χ3v) is 3.34. The largest absolute Gasteiger partial charge is 0.497 e. The topological polar surface area (TPSA) is 29.5 Å². The maximum Gasteiger partial charge on any atom is 0.166 e. The molecule has 17 heavy (non-hydrogen) atoms. The van der Waals surface area contributed by atoms with Gasteiger partial charge >= 0.3 is 0 Å². The van der Waals surface area contributed by atoms with E-state index in [4.69, 9.17) is 4.74 Å². The first-order valence-corrected chi connectivity index (χ1v) is 5.97. The summed E-state index contributed by atoms with van der Waals surface area (Å²) in [6, 6.07) is 5.81. The van der Waals surface area contributed by atoms with Gasteiger partial charge in [0.05, 0.1) is 7.11 Å². The Labute approximate surface area is 102 Å². The van der Waals surface area contributed by atoms with Gasteiger partial charge in [0.15, 0.2) is 5.78 Å². The lowest BCUT2D eigenvalue weighted by atomic mass is 10.0. The number of rotatable bonds is 4. The van der Waals surface area contributed by atoms with Crippen LogP contribution in [0.15, 0.2) is 18.2 Å². The molecular formula is C14H19NO2. The Morgan fingerprint density at radius 1 is 1.41 bits per heavy atom. The molecule has 0 saturated heterocycles. The van der Waals surface area contributed by atoms with E-state index < -0.39 is 0 Å². The van der Waals surface area contributed by atoms with Gasteiger partial charge in [-0.05, 0) is 51.2 Å². The van der Waals surface area contributed by atoms with Crippen molar-refractivity contribution in [3.05, 3.63) is 29.3 Å². The molecule has 0 saturated carbocycles. The molecule has 1 unspecified atom stereocenters. The van der Waals surface area contributed by atoms with Crippen LogP contribution in [0.3, 0.4) is 0 Å². The number of ether oxygens (including phenoxy) is 1. The summed E-state index contributed by atoms with van der Waals surface area (Å²) in [6.07, 6.45) is 1.81. The fourth-order valence-corrected chi connectivity index (χ4v) is 2.32. The van der Waals surface area contributed by atoms with Gasteiger partial charge in [-0.15, -0.1) is 0 Å². The second-order valence-electron chi connectivity index (χ2n) is 4.88. The lowest BCUT2D eigenvalue weighted by molar-refractivity contribution is 0.0925. The Morgan fingerprint density at radius 2 is 2.18 bits per heavy atom. The minimum absolute atomic E-state index is 0.152. The highest BCUT2D eigenvalue weighted by Crippen LogP contribution is 2.31. The van der Waals surface area contributed by atoms with Crippen LogP contribution in [0.25, 0.3) is 0 Å². The van der Waals surface area contributed by atoms with E-state index in [1.807, 2.05) is 32.3 Å². The summed E-state index contributed by atoms with van der Waals surface area (Å²) in [5.74, 6) is 1.20. The van der Waals surface area contributed by atoms with Crippen LogP contribution < -0.4 is 4.74 Å². The average molecular weight is 233 g/mol. The predicted octanol–water partition coefficient (Wildman–Crippen LogP) is 2.00. The summed E-state index contributed by atoms with van der Waals surface area (Å²) in [4.78, 5) is 14.3. The Kier molecular flexibility index (Phi) is 3.48. The van der Waals surface area contributed by atoms with Crippen molar-refractivity contribution in [1.82, 2.24) is 4.90 Å². The minimum atomic E-state index is 0.152. The van der Waals surface area contributed by atoms with Crippen molar-refractivity contribution in [2.45, 2.75) is 12.8 Å². The number of hydrogen-bond donors (Lipinski definition) is 0. The van der Waals surface area contributed by atoms with Crippen molar-refractivity contribution in [3.8, 4) is 5.75 Å². The summed E-state index contributed by atoms with van der Waals surface area (Å²) in [5.41, 5.74) is 2.02. The van der Waals surface area contributed by atoms with Gasteiger partial charge in [0.25, 0.3) is 0 Å². The molecule has 0 radical (unpaired) electrons. The molecular weight excluding hydrogens is 214 g/mol. The molecule has 0 heterocycles. The highest BCUT2D eigenvalue weighted by Gasteiger charge is 2.30. The van der Waals surface area contributed by atoms with Crippen molar-refractivity contribution in [1.29, 1.82) is 0 Å². The zero-order valence-corrected chi connectivity index (χ0v) is 10.7. The van der Waals surface area contributed by atoms with Crippen LogP contribution in [-0.2, 0) is 6.42 Å². The van der Waals surface area contributed by atoms with Gasteiger partial charge in [0, 0.05) is 11.5 Å². The van der Waals surface area contributed by atoms with Crippen LogP contribution in [0.1, 0.15) is 22.3 Å². The Hall–Kier alpha value is -1.35. The fourth-order valence-electron chi connectivity index (χ4n) is 2.32. The second kappa shape index (κ2) is 4.88. The second-order valence-corrected chi connectivity index (χ2v) is 4.88. The Balaban J connectivity index is 2.12. The molecule has 3 nitrogen and oxygen atoms in total. The van der Waals surface area contributed by atoms with Crippen LogP contribution in [0.2, 0.25) is 0 Å². The average Bonchev–Trinajstić information content (AvgIpc) is 2.63.